The summed E-state index contributed by atoms with van der Waals surface area (Å²) < 4.78 is 0. The lowest BCUT2D eigenvalue weighted by molar-refractivity contribution is -0.150. The Morgan fingerprint density at radius 1 is 1.38 bits per heavy atom. The third kappa shape index (κ3) is 2.19. The largest absolute Gasteiger partial charge is 0.374 e. The Morgan fingerprint density at radius 3 is 2.50 bits per heavy atom. The number of imide groups is 1. The van der Waals surface area contributed by atoms with Crippen LogP contribution in [0.4, 0.5) is 5.13 Å². The number of carbonyl (C=O) groups is 2. The zero-order chi connectivity index (χ0) is 11.7. The number of carbonyl (C=O) groups excluding carboxylic acids is 2. The van der Waals surface area contributed by atoms with Crippen molar-refractivity contribution in [1.82, 2.24) is 15.1 Å². The maximum atomic E-state index is 11.7. The molecule has 2 heterocycles. The van der Waals surface area contributed by atoms with Crippen LogP contribution in [-0.2, 0) is 16.1 Å². The summed E-state index contributed by atoms with van der Waals surface area (Å²) >= 11 is 1.20. The molecular formula is C9H12N4O2S. The van der Waals surface area contributed by atoms with Crippen LogP contribution in [0.5, 0.6) is 0 Å². The number of likely N-dealkylation sites (tertiary alicyclic amines) is 1. The first-order chi connectivity index (χ1) is 7.56. The smallest absolute Gasteiger partial charge is 0.229 e. The minimum Gasteiger partial charge on any atom is -0.374 e. The van der Waals surface area contributed by atoms with Gasteiger partial charge in [-0.05, 0) is 5.92 Å². The van der Waals surface area contributed by atoms with Gasteiger partial charge in [0.2, 0.25) is 16.9 Å². The summed E-state index contributed by atoms with van der Waals surface area (Å²) in [6.07, 6.45) is 0.833. The minimum atomic E-state index is -0.141. The molecule has 7 heteroatoms. The number of hydrogen-bond donors (Lipinski definition) is 1. The molecule has 86 valence electrons. The Balaban J connectivity index is 2.09. The molecule has 0 aliphatic carbocycles. The van der Waals surface area contributed by atoms with Crippen LogP contribution >= 0.6 is 11.3 Å². The Labute approximate surface area is 96.5 Å². The van der Waals surface area contributed by atoms with Gasteiger partial charge in [-0.25, -0.2) is 0 Å². The van der Waals surface area contributed by atoms with E-state index in [1.165, 1.54) is 16.2 Å². The highest BCUT2D eigenvalue weighted by Crippen LogP contribution is 2.22. The first-order valence-electron chi connectivity index (χ1n) is 4.97. The SMILES string of the molecule is CC1CC(=O)N(Cc2nnc(N)s2)C(=O)C1. The molecular weight excluding hydrogens is 228 g/mol. The number of aromatic nitrogens is 2. The van der Waals surface area contributed by atoms with Crippen LogP contribution in [-0.4, -0.2) is 26.9 Å². The number of anilines is 1. The van der Waals surface area contributed by atoms with Crippen LogP contribution in [0.1, 0.15) is 24.8 Å². The maximum absolute atomic E-state index is 11.7. The summed E-state index contributed by atoms with van der Waals surface area (Å²) in [4.78, 5) is 24.5. The molecule has 1 aliphatic rings. The lowest BCUT2D eigenvalue weighted by atomic mass is 9.98. The first-order valence-corrected chi connectivity index (χ1v) is 5.79. The van der Waals surface area contributed by atoms with Crippen molar-refractivity contribution in [2.75, 3.05) is 5.73 Å². The van der Waals surface area contributed by atoms with E-state index in [9.17, 15) is 9.59 Å². The van der Waals surface area contributed by atoms with Gasteiger partial charge in [0, 0.05) is 12.8 Å². The fraction of sp³-hybridized carbons (Fsp3) is 0.556. The van der Waals surface area contributed by atoms with E-state index in [0.29, 0.717) is 23.0 Å². The second-order valence-electron chi connectivity index (χ2n) is 3.92. The highest BCUT2D eigenvalue weighted by atomic mass is 32.1. The topological polar surface area (TPSA) is 89.2 Å². The molecule has 0 bridgehead atoms. The molecule has 1 fully saturated rings. The van der Waals surface area contributed by atoms with Gasteiger partial charge in [0.25, 0.3) is 0 Å². The van der Waals surface area contributed by atoms with Gasteiger partial charge in [-0.2, -0.15) is 0 Å². The summed E-state index contributed by atoms with van der Waals surface area (Å²) in [6.45, 7) is 2.09. The summed E-state index contributed by atoms with van der Waals surface area (Å²) in [6, 6.07) is 0. The Hall–Kier alpha value is -1.50. The number of hydrogen-bond acceptors (Lipinski definition) is 6. The van der Waals surface area contributed by atoms with Crippen molar-refractivity contribution in [3.8, 4) is 0 Å². The predicted octanol–water partition coefficient (Wildman–Crippen LogP) is 0.405. The summed E-state index contributed by atoms with van der Waals surface area (Å²) in [5.41, 5.74) is 5.43. The monoisotopic (exact) mass is 240 g/mol. The fourth-order valence-corrected chi connectivity index (χ4v) is 2.27. The van der Waals surface area contributed by atoms with E-state index in [4.69, 9.17) is 5.73 Å². The molecule has 0 saturated carbocycles. The van der Waals surface area contributed by atoms with Crippen LogP contribution in [0.15, 0.2) is 0 Å². The highest BCUT2D eigenvalue weighted by Gasteiger charge is 2.30. The van der Waals surface area contributed by atoms with Crippen LogP contribution in [0.25, 0.3) is 0 Å². The van der Waals surface area contributed by atoms with E-state index in [1.54, 1.807) is 0 Å². The van der Waals surface area contributed by atoms with E-state index in [1.807, 2.05) is 6.92 Å². The molecule has 2 N–H and O–H groups in total. The Kier molecular flexibility index (Phi) is 2.86. The summed E-state index contributed by atoms with van der Waals surface area (Å²) in [7, 11) is 0. The molecule has 0 atom stereocenters. The zero-order valence-electron chi connectivity index (χ0n) is 8.84. The molecule has 1 aromatic rings. The summed E-state index contributed by atoms with van der Waals surface area (Å²) in [5, 5.41) is 8.38. The van der Waals surface area contributed by atoms with Crippen LogP contribution < -0.4 is 5.73 Å². The Bertz CT molecular complexity index is 413. The van der Waals surface area contributed by atoms with Crippen molar-refractivity contribution in [2.24, 2.45) is 5.92 Å². The number of piperidine rings is 1. The van der Waals surface area contributed by atoms with Crippen molar-refractivity contribution in [2.45, 2.75) is 26.3 Å². The zero-order valence-corrected chi connectivity index (χ0v) is 9.66. The van der Waals surface area contributed by atoms with Gasteiger partial charge in [0.1, 0.15) is 5.01 Å². The number of amides is 2. The van der Waals surface area contributed by atoms with Gasteiger partial charge < -0.3 is 5.73 Å². The van der Waals surface area contributed by atoms with Crippen molar-refractivity contribution in [1.29, 1.82) is 0 Å². The minimum absolute atomic E-state index is 0.135. The molecule has 0 unspecified atom stereocenters. The average Bonchev–Trinajstić information content (AvgIpc) is 2.58. The molecule has 1 saturated heterocycles. The van der Waals surface area contributed by atoms with Gasteiger partial charge in [-0.15, -0.1) is 10.2 Å². The quantitative estimate of drug-likeness (QED) is 0.756. The van der Waals surface area contributed by atoms with Gasteiger partial charge in [-0.1, -0.05) is 18.3 Å². The summed E-state index contributed by atoms with van der Waals surface area (Å²) in [5.74, 6) is -0.147. The normalized spacial score (nSPS) is 18.2. The highest BCUT2D eigenvalue weighted by molar-refractivity contribution is 7.15. The van der Waals surface area contributed by atoms with Crippen molar-refractivity contribution in [3.05, 3.63) is 5.01 Å². The van der Waals surface area contributed by atoms with Gasteiger partial charge in [-0.3, -0.25) is 14.5 Å². The molecule has 2 amide bonds. The second-order valence-corrected chi connectivity index (χ2v) is 5.01. The van der Waals surface area contributed by atoms with Gasteiger partial charge >= 0.3 is 0 Å². The first kappa shape index (κ1) is 11.0. The molecule has 1 aliphatic heterocycles. The third-order valence-electron chi connectivity index (χ3n) is 2.42. The lowest BCUT2D eigenvalue weighted by Gasteiger charge is -2.27. The fourth-order valence-electron chi connectivity index (χ4n) is 1.67. The van der Waals surface area contributed by atoms with Gasteiger partial charge in [0.15, 0.2) is 0 Å². The van der Waals surface area contributed by atoms with E-state index >= 15 is 0 Å². The molecule has 0 aromatic carbocycles. The third-order valence-corrected chi connectivity index (χ3v) is 3.16. The number of rotatable bonds is 2. The molecule has 0 spiro atoms. The number of nitrogen functional groups attached to an aromatic ring is 1. The number of nitrogens with two attached hydrogens (primary N) is 1. The van der Waals surface area contributed by atoms with Crippen LogP contribution in [0, 0.1) is 5.92 Å². The van der Waals surface area contributed by atoms with Crippen molar-refractivity contribution < 1.29 is 9.59 Å². The predicted molar refractivity (Wildman–Crippen MR) is 58.3 cm³/mol. The maximum Gasteiger partial charge on any atom is 0.229 e. The standard InChI is InChI=1S/C9H12N4O2S/c1-5-2-7(14)13(8(15)3-5)4-6-11-12-9(10)16-6/h5H,2-4H2,1H3,(H2,10,12). The molecule has 2 rings (SSSR count). The number of nitrogens with zero attached hydrogens (tertiary/aromatic N) is 3. The van der Waals surface area contributed by atoms with Crippen molar-refractivity contribution >= 4 is 28.3 Å². The average molecular weight is 240 g/mol. The van der Waals surface area contributed by atoms with E-state index in [-0.39, 0.29) is 24.3 Å². The van der Waals surface area contributed by atoms with E-state index in [0.717, 1.165) is 0 Å². The van der Waals surface area contributed by atoms with Crippen LogP contribution in [0.2, 0.25) is 0 Å². The van der Waals surface area contributed by atoms with E-state index < -0.39 is 0 Å². The van der Waals surface area contributed by atoms with E-state index in [2.05, 4.69) is 10.2 Å². The second kappa shape index (κ2) is 4.17. The molecule has 6 nitrogen and oxygen atoms in total. The van der Waals surface area contributed by atoms with Gasteiger partial charge in [0.05, 0.1) is 6.54 Å². The molecule has 16 heavy (non-hydrogen) atoms. The van der Waals surface area contributed by atoms with Crippen molar-refractivity contribution in [3.63, 3.8) is 0 Å². The van der Waals surface area contributed by atoms with Crippen LogP contribution in [0.3, 0.4) is 0 Å². The molecule has 1 aromatic heterocycles. The molecule has 0 radical (unpaired) electrons. The Morgan fingerprint density at radius 2 is 2.00 bits per heavy atom. The lowest BCUT2D eigenvalue weighted by Crippen LogP contribution is -2.42.